The van der Waals surface area contributed by atoms with Gasteiger partial charge in [-0.25, -0.2) is 22.0 Å². The number of rotatable bonds is 2. The highest BCUT2D eigenvalue weighted by Gasteiger charge is 2.24. The minimum absolute atomic E-state index is 0.323. The van der Waals surface area contributed by atoms with Crippen LogP contribution in [-0.2, 0) is 13.8 Å². The lowest BCUT2D eigenvalue weighted by Crippen LogP contribution is -2.09. The summed E-state index contributed by atoms with van der Waals surface area (Å²) in [5, 5.41) is 0. The first kappa shape index (κ1) is 12.9. The van der Waals surface area contributed by atoms with E-state index in [0.717, 1.165) is 7.11 Å². The molecule has 0 N–H and O–H groups in total. The molecule has 0 heterocycles. The van der Waals surface area contributed by atoms with E-state index in [2.05, 4.69) is 4.74 Å². The number of benzene rings is 1. The lowest BCUT2D eigenvalue weighted by Gasteiger charge is -2.05. The summed E-state index contributed by atoms with van der Waals surface area (Å²) in [7, 11) is 1.57. The van der Waals surface area contributed by atoms with Gasteiger partial charge in [0.15, 0.2) is 11.6 Å². The second-order valence-electron chi connectivity index (χ2n) is 2.69. The van der Waals surface area contributed by atoms with Crippen molar-refractivity contribution in [2.45, 2.75) is 4.90 Å². The van der Waals surface area contributed by atoms with Crippen molar-refractivity contribution >= 4 is 25.7 Å². The Kier molecular flexibility index (Phi) is 3.49. The summed E-state index contributed by atoms with van der Waals surface area (Å²) in [6, 6.07) is 0.736. The maximum atomic E-state index is 12.8. The van der Waals surface area contributed by atoms with Crippen molar-refractivity contribution in [3.63, 3.8) is 0 Å². The molecule has 0 amide bonds. The molecule has 1 aromatic rings. The molecule has 0 spiro atoms. The molecule has 0 aromatic heterocycles. The quantitative estimate of drug-likeness (QED) is 0.606. The second kappa shape index (κ2) is 4.34. The third kappa shape index (κ3) is 2.48. The van der Waals surface area contributed by atoms with Crippen LogP contribution < -0.4 is 0 Å². The Morgan fingerprint density at radius 3 is 2.25 bits per heavy atom. The minimum atomic E-state index is -4.36. The van der Waals surface area contributed by atoms with Gasteiger partial charge in [-0.2, -0.15) is 0 Å². The smallest absolute Gasteiger partial charge is 0.339 e. The molecule has 0 radical (unpaired) electrons. The number of carbonyl (C=O) groups is 1. The average Bonchev–Trinajstić information content (AvgIpc) is 2.18. The number of ether oxygens (including phenoxy) is 1. The van der Waals surface area contributed by atoms with E-state index in [9.17, 15) is 22.0 Å². The van der Waals surface area contributed by atoms with Crippen LogP contribution in [0.4, 0.5) is 8.78 Å². The first-order valence-electron chi connectivity index (χ1n) is 3.79. The monoisotopic (exact) mass is 270 g/mol. The van der Waals surface area contributed by atoms with Crippen molar-refractivity contribution in [1.29, 1.82) is 0 Å². The topological polar surface area (TPSA) is 60.4 Å². The zero-order valence-corrected chi connectivity index (χ0v) is 9.40. The molecule has 16 heavy (non-hydrogen) atoms. The SMILES string of the molecule is COC(=O)c1cc(F)c(F)cc1S(=O)(=O)Cl. The fourth-order valence-corrected chi connectivity index (χ4v) is 2.03. The third-order valence-electron chi connectivity index (χ3n) is 1.69. The highest BCUT2D eigenvalue weighted by atomic mass is 35.7. The van der Waals surface area contributed by atoms with Gasteiger partial charge in [-0.15, -0.1) is 0 Å². The van der Waals surface area contributed by atoms with Crippen LogP contribution in [0, 0.1) is 11.6 Å². The van der Waals surface area contributed by atoms with E-state index in [-0.39, 0.29) is 0 Å². The minimum Gasteiger partial charge on any atom is -0.465 e. The Bertz CT molecular complexity index is 541. The van der Waals surface area contributed by atoms with E-state index in [1.54, 1.807) is 0 Å². The van der Waals surface area contributed by atoms with Gasteiger partial charge in [-0.05, 0) is 12.1 Å². The first-order valence-corrected chi connectivity index (χ1v) is 6.10. The number of hydrogen-bond donors (Lipinski definition) is 0. The number of esters is 1. The molecule has 4 nitrogen and oxygen atoms in total. The number of carbonyl (C=O) groups excluding carboxylic acids is 1. The Morgan fingerprint density at radius 1 is 1.31 bits per heavy atom. The first-order chi connectivity index (χ1) is 7.27. The molecule has 0 bridgehead atoms. The summed E-state index contributed by atoms with van der Waals surface area (Å²) >= 11 is 0. The Hall–Kier alpha value is -1.21. The number of methoxy groups -OCH3 is 1. The fourth-order valence-electron chi connectivity index (χ4n) is 1.000. The lowest BCUT2D eigenvalue weighted by molar-refractivity contribution is 0.0595. The van der Waals surface area contributed by atoms with Gasteiger partial charge in [0.05, 0.1) is 17.6 Å². The zero-order chi connectivity index (χ0) is 12.5. The van der Waals surface area contributed by atoms with Crippen molar-refractivity contribution in [1.82, 2.24) is 0 Å². The summed E-state index contributed by atoms with van der Waals surface area (Å²) in [5.41, 5.74) is -0.656. The van der Waals surface area contributed by atoms with Crippen LogP contribution in [0.15, 0.2) is 17.0 Å². The van der Waals surface area contributed by atoms with Crippen LogP contribution in [0.2, 0.25) is 0 Å². The zero-order valence-electron chi connectivity index (χ0n) is 7.83. The fraction of sp³-hybridized carbons (Fsp3) is 0.125. The van der Waals surface area contributed by atoms with Crippen LogP contribution in [0.25, 0.3) is 0 Å². The number of hydrogen-bond acceptors (Lipinski definition) is 4. The maximum absolute atomic E-state index is 12.8. The van der Waals surface area contributed by atoms with Crippen LogP contribution >= 0.6 is 10.7 Å². The highest BCUT2D eigenvalue weighted by molar-refractivity contribution is 8.13. The van der Waals surface area contributed by atoms with E-state index in [1.165, 1.54) is 0 Å². The van der Waals surface area contributed by atoms with Gasteiger partial charge in [-0.1, -0.05) is 0 Å². The van der Waals surface area contributed by atoms with Gasteiger partial charge < -0.3 is 4.74 Å². The molecular weight excluding hydrogens is 266 g/mol. The molecule has 8 heteroatoms. The van der Waals surface area contributed by atoms with Gasteiger partial charge in [0.1, 0.15) is 0 Å². The van der Waals surface area contributed by atoms with E-state index < -0.39 is 37.1 Å². The van der Waals surface area contributed by atoms with Crippen LogP contribution in [-0.4, -0.2) is 21.5 Å². The Balaban J connectivity index is 3.58. The van der Waals surface area contributed by atoms with E-state index in [4.69, 9.17) is 10.7 Å². The number of halogens is 3. The van der Waals surface area contributed by atoms with E-state index in [1.807, 2.05) is 0 Å². The van der Waals surface area contributed by atoms with Gasteiger partial charge in [0, 0.05) is 10.7 Å². The predicted octanol–water partition coefficient (Wildman–Crippen LogP) is 1.68. The van der Waals surface area contributed by atoms with Crippen molar-refractivity contribution < 1.29 is 26.7 Å². The molecule has 0 saturated heterocycles. The van der Waals surface area contributed by atoms with Crippen molar-refractivity contribution in [2.24, 2.45) is 0 Å². The molecule has 0 unspecified atom stereocenters. The van der Waals surface area contributed by atoms with Crippen LogP contribution in [0.3, 0.4) is 0 Å². The Morgan fingerprint density at radius 2 is 1.81 bits per heavy atom. The second-order valence-corrected chi connectivity index (χ2v) is 5.23. The standard InChI is InChI=1S/C8H5ClF2O4S/c1-15-8(12)4-2-5(10)6(11)3-7(4)16(9,13)14/h2-3H,1H3. The lowest BCUT2D eigenvalue weighted by atomic mass is 10.2. The summed E-state index contributed by atoms with van der Waals surface area (Å²) in [6.07, 6.45) is 0. The summed E-state index contributed by atoms with van der Waals surface area (Å²) in [6.45, 7) is 0. The molecule has 1 rings (SSSR count). The molecule has 88 valence electrons. The van der Waals surface area contributed by atoms with Crippen LogP contribution in [0.5, 0.6) is 0 Å². The molecule has 0 aliphatic heterocycles. The normalized spacial score (nSPS) is 11.2. The highest BCUT2D eigenvalue weighted by Crippen LogP contribution is 2.23. The van der Waals surface area contributed by atoms with E-state index in [0.29, 0.717) is 12.1 Å². The average molecular weight is 271 g/mol. The third-order valence-corrected chi connectivity index (χ3v) is 3.05. The largest absolute Gasteiger partial charge is 0.465 e. The van der Waals surface area contributed by atoms with Gasteiger partial charge in [0.25, 0.3) is 9.05 Å². The summed E-state index contributed by atoms with van der Waals surface area (Å²) in [4.78, 5) is 10.3. The molecule has 0 saturated carbocycles. The Labute approximate surface area is 94.2 Å². The molecule has 0 aliphatic rings. The molecule has 0 aliphatic carbocycles. The maximum Gasteiger partial charge on any atom is 0.339 e. The van der Waals surface area contributed by atoms with Crippen LogP contribution in [0.1, 0.15) is 10.4 Å². The van der Waals surface area contributed by atoms with Crippen molar-refractivity contribution in [2.75, 3.05) is 7.11 Å². The molecule has 0 atom stereocenters. The van der Waals surface area contributed by atoms with Gasteiger partial charge >= 0.3 is 5.97 Å². The summed E-state index contributed by atoms with van der Waals surface area (Å²) in [5.74, 6) is -3.92. The van der Waals surface area contributed by atoms with Crippen molar-refractivity contribution in [3.8, 4) is 0 Å². The van der Waals surface area contributed by atoms with Crippen molar-refractivity contribution in [3.05, 3.63) is 29.3 Å². The predicted molar refractivity (Wildman–Crippen MR) is 50.7 cm³/mol. The van der Waals surface area contributed by atoms with Gasteiger partial charge in [0.2, 0.25) is 0 Å². The molecule has 1 aromatic carbocycles. The summed E-state index contributed by atoms with van der Waals surface area (Å²) < 4.78 is 51.9. The molecule has 0 fully saturated rings. The molecular formula is C8H5ClF2O4S. The van der Waals surface area contributed by atoms with E-state index >= 15 is 0 Å². The van der Waals surface area contributed by atoms with Gasteiger partial charge in [-0.3, -0.25) is 0 Å².